The minimum Gasteiger partial charge on any atom is -0.342 e. The maximum Gasteiger partial charge on any atom is 0.229 e. The molecule has 1 fully saturated rings. The highest BCUT2D eigenvalue weighted by Crippen LogP contribution is 2.20. The molecule has 1 aliphatic rings. The van der Waals surface area contributed by atoms with Crippen molar-refractivity contribution in [2.75, 3.05) is 18.4 Å². The van der Waals surface area contributed by atoms with Gasteiger partial charge in [0, 0.05) is 25.4 Å². The minimum atomic E-state index is -0.167. The minimum absolute atomic E-state index is 0.0235. The molecule has 1 N–H and O–H groups in total. The van der Waals surface area contributed by atoms with Gasteiger partial charge in [-0.25, -0.2) is 9.97 Å². The van der Waals surface area contributed by atoms with Gasteiger partial charge in [0.1, 0.15) is 5.82 Å². The van der Waals surface area contributed by atoms with Crippen molar-refractivity contribution in [1.29, 1.82) is 0 Å². The standard InChI is InChI=1S/C16H24N4O2/c1-11(21)20-7-5-6-12(10-20)14(22)19-13-8-17-15(18-9-13)16(2,3)4/h8-9,12H,5-7,10H2,1-4H3,(H,19,22)/t12-/m0/s1. The van der Waals surface area contributed by atoms with Crippen LogP contribution in [0.2, 0.25) is 0 Å². The summed E-state index contributed by atoms with van der Waals surface area (Å²) in [7, 11) is 0. The van der Waals surface area contributed by atoms with E-state index in [1.807, 2.05) is 20.8 Å². The third kappa shape index (κ3) is 4.02. The number of hydrogen-bond acceptors (Lipinski definition) is 4. The Kier molecular flexibility index (Phi) is 4.78. The lowest BCUT2D eigenvalue weighted by molar-refractivity contribution is -0.132. The summed E-state index contributed by atoms with van der Waals surface area (Å²) in [6.07, 6.45) is 4.93. The van der Waals surface area contributed by atoms with Crippen LogP contribution in [-0.2, 0) is 15.0 Å². The molecule has 22 heavy (non-hydrogen) atoms. The van der Waals surface area contributed by atoms with Gasteiger partial charge in [0.15, 0.2) is 0 Å². The molecule has 0 radical (unpaired) electrons. The number of nitrogens with zero attached hydrogens (tertiary/aromatic N) is 3. The summed E-state index contributed by atoms with van der Waals surface area (Å²) in [5.41, 5.74) is 0.478. The van der Waals surface area contributed by atoms with Gasteiger partial charge in [-0.2, -0.15) is 0 Å². The van der Waals surface area contributed by atoms with Crippen LogP contribution in [0.4, 0.5) is 5.69 Å². The fraction of sp³-hybridized carbons (Fsp3) is 0.625. The summed E-state index contributed by atoms with van der Waals surface area (Å²) in [5.74, 6) is 0.527. The van der Waals surface area contributed by atoms with Gasteiger partial charge in [-0.05, 0) is 12.8 Å². The van der Waals surface area contributed by atoms with Crippen molar-refractivity contribution in [3.63, 3.8) is 0 Å². The third-order valence-electron chi connectivity index (χ3n) is 3.83. The molecule has 1 atom stereocenters. The molecule has 0 bridgehead atoms. The van der Waals surface area contributed by atoms with Crippen molar-refractivity contribution in [2.24, 2.45) is 5.92 Å². The molecular formula is C16H24N4O2. The quantitative estimate of drug-likeness (QED) is 0.906. The predicted octanol–water partition coefficient (Wildman–Crippen LogP) is 1.97. The van der Waals surface area contributed by atoms with Crippen molar-refractivity contribution in [1.82, 2.24) is 14.9 Å². The molecule has 6 nitrogen and oxygen atoms in total. The maximum absolute atomic E-state index is 12.3. The number of carbonyl (C=O) groups excluding carboxylic acids is 2. The number of piperidine rings is 1. The fourth-order valence-electron chi connectivity index (χ4n) is 2.50. The lowest BCUT2D eigenvalue weighted by Gasteiger charge is -2.31. The first-order valence-electron chi connectivity index (χ1n) is 7.66. The summed E-state index contributed by atoms with van der Waals surface area (Å²) in [4.78, 5) is 34.1. The third-order valence-corrected chi connectivity index (χ3v) is 3.83. The second-order valence-electron chi connectivity index (χ2n) is 6.84. The number of carbonyl (C=O) groups is 2. The summed E-state index contributed by atoms with van der Waals surface area (Å²) in [6.45, 7) is 8.89. The second kappa shape index (κ2) is 6.42. The molecule has 0 saturated carbocycles. The van der Waals surface area contributed by atoms with Gasteiger partial charge in [-0.3, -0.25) is 9.59 Å². The molecule has 2 amide bonds. The Labute approximate surface area is 131 Å². The second-order valence-corrected chi connectivity index (χ2v) is 6.84. The van der Waals surface area contributed by atoms with Crippen LogP contribution in [0.15, 0.2) is 12.4 Å². The van der Waals surface area contributed by atoms with E-state index >= 15 is 0 Å². The number of anilines is 1. The van der Waals surface area contributed by atoms with Gasteiger partial charge in [0.05, 0.1) is 24.0 Å². The molecule has 6 heteroatoms. The van der Waals surface area contributed by atoms with Gasteiger partial charge in [-0.1, -0.05) is 20.8 Å². The van der Waals surface area contributed by atoms with Crippen LogP contribution in [0.1, 0.15) is 46.4 Å². The first-order chi connectivity index (χ1) is 10.3. The van der Waals surface area contributed by atoms with Crippen LogP contribution in [0.3, 0.4) is 0 Å². The Morgan fingerprint density at radius 3 is 2.45 bits per heavy atom. The first-order valence-corrected chi connectivity index (χ1v) is 7.66. The van der Waals surface area contributed by atoms with E-state index in [0.29, 0.717) is 12.2 Å². The normalized spacial score (nSPS) is 18.9. The lowest BCUT2D eigenvalue weighted by atomic mass is 9.96. The zero-order valence-corrected chi connectivity index (χ0v) is 13.7. The first kappa shape index (κ1) is 16.4. The highest BCUT2D eigenvalue weighted by atomic mass is 16.2. The van der Waals surface area contributed by atoms with Gasteiger partial charge in [-0.15, -0.1) is 0 Å². The van der Waals surface area contributed by atoms with Crippen LogP contribution in [-0.4, -0.2) is 39.8 Å². The largest absolute Gasteiger partial charge is 0.342 e. The van der Waals surface area contributed by atoms with E-state index in [2.05, 4.69) is 15.3 Å². The SMILES string of the molecule is CC(=O)N1CCC[C@H](C(=O)Nc2cnc(C(C)(C)C)nc2)C1. The monoisotopic (exact) mass is 304 g/mol. The van der Waals surface area contributed by atoms with Crippen LogP contribution >= 0.6 is 0 Å². The van der Waals surface area contributed by atoms with Gasteiger partial charge >= 0.3 is 0 Å². The van der Waals surface area contributed by atoms with Crippen LogP contribution in [0, 0.1) is 5.92 Å². The van der Waals surface area contributed by atoms with Crippen LogP contribution in [0.25, 0.3) is 0 Å². The number of nitrogens with one attached hydrogen (secondary N) is 1. The molecule has 0 aromatic carbocycles. The Morgan fingerprint density at radius 1 is 1.27 bits per heavy atom. The zero-order chi connectivity index (χ0) is 16.3. The van der Waals surface area contributed by atoms with E-state index in [0.717, 1.165) is 25.2 Å². The Bertz CT molecular complexity index is 548. The van der Waals surface area contributed by atoms with E-state index in [9.17, 15) is 9.59 Å². The number of likely N-dealkylation sites (tertiary alicyclic amines) is 1. The zero-order valence-electron chi connectivity index (χ0n) is 13.7. The molecule has 1 saturated heterocycles. The summed E-state index contributed by atoms with van der Waals surface area (Å²) in [6, 6.07) is 0. The molecule has 1 aromatic heterocycles. The highest BCUT2D eigenvalue weighted by Gasteiger charge is 2.27. The van der Waals surface area contributed by atoms with Gasteiger partial charge in [0.25, 0.3) is 0 Å². The average molecular weight is 304 g/mol. The summed E-state index contributed by atoms with van der Waals surface area (Å²) in [5, 5.41) is 2.85. The highest BCUT2D eigenvalue weighted by molar-refractivity contribution is 5.92. The maximum atomic E-state index is 12.3. The Balaban J connectivity index is 1.98. The smallest absolute Gasteiger partial charge is 0.229 e. The number of hydrogen-bond donors (Lipinski definition) is 1. The van der Waals surface area contributed by atoms with Gasteiger partial charge in [0.2, 0.25) is 11.8 Å². The molecule has 2 rings (SSSR count). The van der Waals surface area contributed by atoms with Gasteiger partial charge < -0.3 is 10.2 Å². The van der Waals surface area contributed by atoms with E-state index in [1.54, 1.807) is 24.2 Å². The van der Waals surface area contributed by atoms with Crippen molar-refractivity contribution in [3.8, 4) is 0 Å². The molecule has 120 valence electrons. The molecule has 2 heterocycles. The van der Waals surface area contributed by atoms with Crippen LogP contribution in [0.5, 0.6) is 0 Å². The van der Waals surface area contributed by atoms with E-state index in [4.69, 9.17) is 0 Å². The van der Waals surface area contributed by atoms with Crippen molar-refractivity contribution >= 4 is 17.5 Å². The Hall–Kier alpha value is -1.98. The predicted molar refractivity (Wildman–Crippen MR) is 84.3 cm³/mol. The van der Waals surface area contributed by atoms with Crippen molar-refractivity contribution in [2.45, 2.75) is 46.0 Å². The van der Waals surface area contributed by atoms with E-state index < -0.39 is 0 Å². The fourth-order valence-corrected chi connectivity index (χ4v) is 2.50. The summed E-state index contributed by atoms with van der Waals surface area (Å²) >= 11 is 0. The lowest BCUT2D eigenvalue weighted by Crippen LogP contribution is -2.42. The topological polar surface area (TPSA) is 75.2 Å². The summed E-state index contributed by atoms with van der Waals surface area (Å²) < 4.78 is 0. The molecule has 0 aliphatic carbocycles. The number of amides is 2. The molecule has 0 unspecified atom stereocenters. The number of aromatic nitrogens is 2. The van der Waals surface area contributed by atoms with Crippen LogP contribution < -0.4 is 5.32 Å². The number of rotatable bonds is 2. The molecule has 1 aliphatic heterocycles. The average Bonchev–Trinajstić information content (AvgIpc) is 2.47. The van der Waals surface area contributed by atoms with E-state index in [1.165, 1.54) is 0 Å². The van der Waals surface area contributed by atoms with E-state index in [-0.39, 0.29) is 23.1 Å². The molecule has 1 aromatic rings. The molecule has 0 spiro atoms. The Morgan fingerprint density at radius 2 is 1.91 bits per heavy atom. The van der Waals surface area contributed by atoms with Crippen molar-refractivity contribution < 1.29 is 9.59 Å². The van der Waals surface area contributed by atoms with Crippen molar-refractivity contribution in [3.05, 3.63) is 18.2 Å². The molecular weight excluding hydrogens is 280 g/mol.